The SMILES string of the molecule is Cc1cc(C)c(N(c2cc(C)c(N(c3nc(-c4ccccc4)nc(-c4ccc(-c5ccccc5)cc4)n3)c3nc(-c4ccccc4)nc(-c4cccc5ccccc45)n3)c(C)c2C)c2c(C)cc(C)cc2C)c(C)c1. The zero-order chi connectivity index (χ0) is 51.9. The molecule has 0 saturated heterocycles. The molecule has 0 aliphatic carbocycles. The molecule has 0 aliphatic rings. The number of benzene rings is 9. The molecule has 0 amide bonds. The van der Waals surface area contributed by atoms with E-state index in [9.17, 15) is 0 Å². The lowest BCUT2D eigenvalue weighted by Gasteiger charge is -2.35. The molecular weight excluding hydrogens is 917 g/mol. The Morgan fingerprint density at radius 2 is 0.680 bits per heavy atom. The Hall–Kier alpha value is -9.14. The summed E-state index contributed by atoms with van der Waals surface area (Å²) < 4.78 is 0. The van der Waals surface area contributed by atoms with Crippen LogP contribution in [0.3, 0.4) is 0 Å². The van der Waals surface area contributed by atoms with E-state index in [4.69, 9.17) is 29.9 Å². The van der Waals surface area contributed by atoms with Gasteiger partial charge < -0.3 is 4.90 Å². The van der Waals surface area contributed by atoms with E-state index in [1.807, 2.05) is 71.6 Å². The van der Waals surface area contributed by atoms with Crippen LogP contribution in [0, 0.1) is 62.3 Å². The van der Waals surface area contributed by atoms with E-state index in [0.717, 1.165) is 72.2 Å². The van der Waals surface area contributed by atoms with E-state index in [1.54, 1.807) is 0 Å². The summed E-state index contributed by atoms with van der Waals surface area (Å²) >= 11 is 0. The topological polar surface area (TPSA) is 83.8 Å². The number of aryl methyl sites for hydroxylation is 7. The van der Waals surface area contributed by atoms with Crippen LogP contribution in [0.1, 0.15) is 50.1 Å². The fourth-order valence-corrected chi connectivity index (χ4v) is 10.8. The Balaban J connectivity index is 1.21. The van der Waals surface area contributed by atoms with Gasteiger partial charge in [0, 0.05) is 27.9 Å². The molecule has 11 aromatic rings. The van der Waals surface area contributed by atoms with Crippen LogP contribution in [0.4, 0.5) is 34.6 Å². The molecule has 0 N–H and O–H groups in total. The molecule has 2 aromatic heterocycles. The van der Waals surface area contributed by atoms with Crippen molar-refractivity contribution >= 4 is 45.4 Å². The van der Waals surface area contributed by atoms with Crippen molar-refractivity contribution in [3.05, 3.63) is 238 Å². The minimum absolute atomic E-state index is 0.366. The maximum Gasteiger partial charge on any atom is 0.241 e. The number of nitrogens with zero attached hydrogens (tertiary/aromatic N) is 8. The zero-order valence-corrected chi connectivity index (χ0v) is 44.0. The van der Waals surface area contributed by atoms with Gasteiger partial charge in [0.15, 0.2) is 23.3 Å². The molecule has 8 nitrogen and oxygen atoms in total. The van der Waals surface area contributed by atoms with Crippen molar-refractivity contribution in [3.63, 3.8) is 0 Å². The first kappa shape index (κ1) is 48.1. The van der Waals surface area contributed by atoms with Gasteiger partial charge >= 0.3 is 0 Å². The maximum absolute atomic E-state index is 5.50. The lowest BCUT2D eigenvalue weighted by Crippen LogP contribution is -2.22. The van der Waals surface area contributed by atoms with Crippen molar-refractivity contribution in [1.82, 2.24) is 29.9 Å². The molecule has 366 valence electrons. The van der Waals surface area contributed by atoms with Gasteiger partial charge in [-0.05, 0) is 129 Å². The molecule has 0 unspecified atom stereocenters. The highest BCUT2D eigenvalue weighted by molar-refractivity contribution is 5.96. The Morgan fingerprint density at radius 1 is 0.293 bits per heavy atom. The maximum atomic E-state index is 5.50. The summed E-state index contributed by atoms with van der Waals surface area (Å²) in [6.07, 6.45) is 0. The van der Waals surface area contributed by atoms with Crippen molar-refractivity contribution in [3.8, 4) is 56.7 Å². The largest absolute Gasteiger partial charge is 0.309 e. The number of hydrogen-bond acceptors (Lipinski definition) is 8. The van der Waals surface area contributed by atoms with Gasteiger partial charge in [-0.2, -0.15) is 19.9 Å². The minimum atomic E-state index is 0.366. The standard InChI is InChI=1S/C67H58N8/c1-41-36-43(3)59(44(4)37-41)74(60-45(5)38-42(2)39-46(60)6)58-40-47(7)61(49(9)48(58)8)75(67-71-63(54-27-17-12-18-28-54)69-65(73-67)57-31-21-29-52-24-19-20-30-56(52)57)66-70-62(53-25-15-11-16-26-53)68-64(72-66)55-34-32-51(33-35-55)50-22-13-10-14-23-50/h10-40H,1-9H3. The number of hydrogen-bond donors (Lipinski definition) is 0. The molecule has 9 aromatic carbocycles. The number of anilines is 6. The fourth-order valence-electron chi connectivity index (χ4n) is 10.8. The monoisotopic (exact) mass is 974 g/mol. The van der Waals surface area contributed by atoms with Crippen molar-refractivity contribution < 1.29 is 0 Å². The second kappa shape index (κ2) is 20.0. The molecule has 0 bridgehead atoms. The van der Waals surface area contributed by atoms with Gasteiger partial charge in [-0.25, -0.2) is 14.9 Å². The van der Waals surface area contributed by atoms with Crippen molar-refractivity contribution in [2.45, 2.75) is 62.3 Å². The van der Waals surface area contributed by atoms with Crippen molar-refractivity contribution in [2.75, 3.05) is 9.80 Å². The Kier molecular flexibility index (Phi) is 12.9. The second-order valence-corrected chi connectivity index (χ2v) is 19.7. The van der Waals surface area contributed by atoms with E-state index < -0.39 is 0 Å². The third kappa shape index (κ3) is 9.32. The highest BCUT2D eigenvalue weighted by Gasteiger charge is 2.31. The van der Waals surface area contributed by atoms with Gasteiger partial charge in [0.05, 0.1) is 17.1 Å². The Bertz CT molecular complexity index is 3820. The Morgan fingerprint density at radius 3 is 1.20 bits per heavy atom. The third-order valence-electron chi connectivity index (χ3n) is 14.2. The summed E-state index contributed by atoms with van der Waals surface area (Å²) in [6.45, 7) is 19.8. The Labute approximate surface area is 440 Å². The summed E-state index contributed by atoms with van der Waals surface area (Å²) in [6, 6.07) is 65.1. The number of rotatable bonds is 11. The van der Waals surface area contributed by atoms with E-state index in [-0.39, 0.29) is 0 Å². The van der Waals surface area contributed by atoms with Crippen LogP contribution in [-0.2, 0) is 0 Å². The second-order valence-electron chi connectivity index (χ2n) is 19.7. The molecule has 0 fully saturated rings. The summed E-state index contributed by atoms with van der Waals surface area (Å²) in [7, 11) is 0. The van der Waals surface area contributed by atoms with Crippen LogP contribution in [0.2, 0.25) is 0 Å². The average molecular weight is 975 g/mol. The third-order valence-corrected chi connectivity index (χ3v) is 14.2. The molecule has 11 rings (SSSR count). The normalized spacial score (nSPS) is 11.3. The van der Waals surface area contributed by atoms with E-state index in [1.165, 1.54) is 44.8 Å². The molecule has 0 saturated carbocycles. The summed E-state index contributed by atoms with van der Waals surface area (Å²) in [5.41, 5.74) is 20.3. The quantitative estimate of drug-likeness (QED) is 0.127. The van der Waals surface area contributed by atoms with Gasteiger partial charge in [0.2, 0.25) is 11.9 Å². The molecular formula is C67H58N8. The lowest BCUT2D eigenvalue weighted by molar-refractivity contribution is 0.956. The molecule has 0 spiro atoms. The highest BCUT2D eigenvalue weighted by atomic mass is 15.4. The van der Waals surface area contributed by atoms with Crippen LogP contribution in [-0.4, -0.2) is 29.9 Å². The number of fused-ring (bicyclic) bond motifs is 1. The predicted octanol–water partition coefficient (Wildman–Crippen LogP) is 17.3. The molecule has 75 heavy (non-hydrogen) atoms. The van der Waals surface area contributed by atoms with Gasteiger partial charge in [-0.1, -0.05) is 193 Å². The van der Waals surface area contributed by atoms with Gasteiger partial charge in [-0.3, -0.25) is 0 Å². The molecule has 8 heteroatoms. The van der Waals surface area contributed by atoms with Crippen molar-refractivity contribution in [1.29, 1.82) is 0 Å². The highest BCUT2D eigenvalue weighted by Crippen LogP contribution is 2.48. The van der Waals surface area contributed by atoms with Gasteiger partial charge in [-0.15, -0.1) is 0 Å². The average Bonchev–Trinajstić information content (AvgIpc) is 3.43. The van der Waals surface area contributed by atoms with Crippen LogP contribution in [0.25, 0.3) is 67.5 Å². The van der Waals surface area contributed by atoms with E-state index in [0.29, 0.717) is 35.2 Å². The summed E-state index contributed by atoms with van der Waals surface area (Å²) in [5.74, 6) is 2.82. The van der Waals surface area contributed by atoms with Gasteiger partial charge in [0.1, 0.15) is 0 Å². The van der Waals surface area contributed by atoms with Crippen LogP contribution in [0.15, 0.2) is 188 Å². The molecule has 0 atom stereocenters. The van der Waals surface area contributed by atoms with Crippen LogP contribution >= 0.6 is 0 Å². The zero-order valence-electron chi connectivity index (χ0n) is 44.0. The lowest BCUT2D eigenvalue weighted by atomic mass is 9.95. The van der Waals surface area contributed by atoms with Gasteiger partial charge in [0.25, 0.3) is 0 Å². The first-order valence-corrected chi connectivity index (χ1v) is 25.5. The summed E-state index contributed by atoms with van der Waals surface area (Å²) in [5, 5.41) is 2.12. The fraction of sp³-hybridized carbons (Fsp3) is 0.134. The molecule has 2 heterocycles. The molecule has 0 radical (unpaired) electrons. The van der Waals surface area contributed by atoms with E-state index in [2.05, 4.69) is 189 Å². The molecule has 0 aliphatic heterocycles. The van der Waals surface area contributed by atoms with Crippen LogP contribution in [0.5, 0.6) is 0 Å². The summed E-state index contributed by atoms with van der Waals surface area (Å²) in [4.78, 5) is 36.8. The van der Waals surface area contributed by atoms with E-state index >= 15 is 0 Å². The van der Waals surface area contributed by atoms with Crippen molar-refractivity contribution in [2.24, 2.45) is 0 Å². The number of aromatic nitrogens is 6. The first-order chi connectivity index (χ1) is 36.4. The predicted molar refractivity (Wildman–Crippen MR) is 310 cm³/mol. The smallest absolute Gasteiger partial charge is 0.241 e. The minimum Gasteiger partial charge on any atom is -0.309 e. The van der Waals surface area contributed by atoms with Crippen LogP contribution < -0.4 is 9.80 Å². The first-order valence-electron chi connectivity index (χ1n) is 25.5.